The Balaban J connectivity index is 1.56. The molecule has 2 fully saturated rings. The second kappa shape index (κ2) is 4.47. The summed E-state index contributed by atoms with van der Waals surface area (Å²) in [6.45, 7) is 0. The van der Waals surface area contributed by atoms with Crippen LogP contribution in [0.5, 0.6) is 0 Å². The average molecular weight is 272 g/mol. The van der Waals surface area contributed by atoms with Gasteiger partial charge in [0.2, 0.25) is 0 Å². The van der Waals surface area contributed by atoms with E-state index in [0.29, 0.717) is 23.7 Å². The molecule has 2 saturated heterocycles. The Morgan fingerprint density at radius 3 is 2.45 bits per heavy atom. The predicted octanol–water partition coefficient (Wildman–Crippen LogP) is 1.88. The van der Waals surface area contributed by atoms with Crippen molar-refractivity contribution in [3.63, 3.8) is 0 Å². The number of carbonyl (C=O) groups is 1. The van der Waals surface area contributed by atoms with Gasteiger partial charge in [0.1, 0.15) is 6.26 Å². The maximum absolute atomic E-state index is 12.5. The monoisotopic (exact) mass is 272 g/mol. The van der Waals surface area contributed by atoms with Gasteiger partial charge < -0.3 is 9.32 Å². The minimum Gasteiger partial charge on any atom is -0.472 e. The van der Waals surface area contributed by atoms with Crippen molar-refractivity contribution in [3.8, 4) is 0 Å². The van der Waals surface area contributed by atoms with Crippen LogP contribution in [0.15, 0.2) is 35.4 Å². The van der Waals surface area contributed by atoms with Gasteiger partial charge in [0, 0.05) is 12.1 Å². The topological polar surface area (TPSA) is 64.2 Å². The van der Waals surface area contributed by atoms with Crippen LogP contribution >= 0.6 is 0 Å². The second-order valence-corrected chi connectivity index (χ2v) is 5.58. The van der Waals surface area contributed by atoms with E-state index in [1.807, 2.05) is 4.90 Å². The molecule has 0 aromatic carbocycles. The van der Waals surface area contributed by atoms with E-state index in [1.165, 1.54) is 6.26 Å². The predicted molar refractivity (Wildman–Crippen MR) is 70.0 cm³/mol. The van der Waals surface area contributed by atoms with Crippen LogP contribution in [0, 0.1) is 0 Å². The Morgan fingerprint density at radius 1 is 1.15 bits per heavy atom. The first-order chi connectivity index (χ1) is 9.83. The van der Waals surface area contributed by atoms with Crippen molar-refractivity contribution in [1.82, 2.24) is 19.9 Å². The molecule has 104 valence electrons. The number of furan rings is 1. The average Bonchev–Trinajstić information content (AvgIpc) is 3.18. The van der Waals surface area contributed by atoms with E-state index in [1.54, 1.807) is 29.5 Å². The Labute approximate surface area is 116 Å². The summed E-state index contributed by atoms with van der Waals surface area (Å²) in [5.74, 6) is 0.0955. The third-order valence-corrected chi connectivity index (χ3v) is 4.47. The van der Waals surface area contributed by atoms with Crippen LogP contribution in [-0.2, 0) is 0 Å². The van der Waals surface area contributed by atoms with Gasteiger partial charge >= 0.3 is 0 Å². The molecule has 2 aromatic rings. The summed E-state index contributed by atoms with van der Waals surface area (Å²) in [5, 5.41) is 8.49. The zero-order chi connectivity index (χ0) is 13.5. The molecule has 2 aliphatic heterocycles. The molecule has 0 spiro atoms. The normalized spacial score (nSPS) is 28.8. The molecular weight excluding hydrogens is 256 g/mol. The lowest BCUT2D eigenvalue weighted by atomic mass is 9.97. The highest BCUT2D eigenvalue weighted by molar-refractivity contribution is 5.94. The van der Waals surface area contributed by atoms with Crippen LogP contribution in [0.2, 0.25) is 0 Å². The van der Waals surface area contributed by atoms with Gasteiger partial charge in [-0.15, -0.1) is 0 Å². The number of piperidine rings is 1. The minimum atomic E-state index is 0.0955. The summed E-state index contributed by atoms with van der Waals surface area (Å²) in [7, 11) is 0. The van der Waals surface area contributed by atoms with Gasteiger partial charge in [0.05, 0.1) is 30.3 Å². The lowest BCUT2D eigenvalue weighted by Gasteiger charge is -2.38. The van der Waals surface area contributed by atoms with E-state index in [-0.39, 0.29) is 5.91 Å². The number of carbonyl (C=O) groups excluding carboxylic acids is 1. The summed E-state index contributed by atoms with van der Waals surface area (Å²) in [6.07, 6.45) is 10.5. The number of aromatic nitrogens is 3. The standard InChI is InChI=1S/C14H16N4O2/c19-14(10-3-6-20-9-10)17-11-1-2-12(17)8-13(7-11)18-15-4-5-16-18/h3-6,9,11-13H,1-2,7-8H2. The van der Waals surface area contributed by atoms with E-state index in [9.17, 15) is 4.79 Å². The first-order valence-electron chi connectivity index (χ1n) is 7.03. The number of hydrogen-bond donors (Lipinski definition) is 0. The molecule has 4 rings (SSSR count). The molecule has 0 aliphatic carbocycles. The quantitative estimate of drug-likeness (QED) is 0.837. The SMILES string of the molecule is O=C(c1ccoc1)N1C2CCC1CC(n1nccn1)C2. The number of rotatable bonds is 2. The van der Waals surface area contributed by atoms with Gasteiger partial charge in [-0.3, -0.25) is 4.79 Å². The van der Waals surface area contributed by atoms with E-state index in [0.717, 1.165) is 25.7 Å². The Bertz CT molecular complexity index is 579. The summed E-state index contributed by atoms with van der Waals surface area (Å²) >= 11 is 0. The summed E-state index contributed by atoms with van der Waals surface area (Å²) < 4.78 is 5.03. The molecule has 2 unspecified atom stereocenters. The molecule has 2 bridgehead atoms. The molecule has 0 radical (unpaired) electrons. The van der Waals surface area contributed by atoms with Gasteiger partial charge in [-0.2, -0.15) is 15.0 Å². The largest absolute Gasteiger partial charge is 0.472 e. The molecule has 0 saturated carbocycles. The van der Waals surface area contributed by atoms with Crippen molar-refractivity contribution in [2.24, 2.45) is 0 Å². The number of nitrogens with zero attached hydrogens (tertiary/aromatic N) is 4. The van der Waals surface area contributed by atoms with Crippen LogP contribution in [0.3, 0.4) is 0 Å². The van der Waals surface area contributed by atoms with E-state index < -0.39 is 0 Å². The van der Waals surface area contributed by atoms with Crippen molar-refractivity contribution >= 4 is 5.91 Å². The van der Waals surface area contributed by atoms with Crippen molar-refractivity contribution in [2.75, 3.05) is 0 Å². The van der Waals surface area contributed by atoms with Gasteiger partial charge in [0.15, 0.2) is 0 Å². The van der Waals surface area contributed by atoms with Crippen LogP contribution < -0.4 is 0 Å². The van der Waals surface area contributed by atoms with Crippen LogP contribution in [0.4, 0.5) is 0 Å². The molecule has 6 nitrogen and oxygen atoms in total. The fourth-order valence-electron chi connectivity index (χ4n) is 3.62. The molecule has 6 heteroatoms. The van der Waals surface area contributed by atoms with E-state index in [2.05, 4.69) is 10.2 Å². The van der Waals surface area contributed by atoms with Crippen LogP contribution in [0.25, 0.3) is 0 Å². The zero-order valence-electron chi connectivity index (χ0n) is 11.1. The summed E-state index contributed by atoms with van der Waals surface area (Å²) in [5.41, 5.74) is 0.651. The van der Waals surface area contributed by atoms with Gasteiger partial charge in [-0.25, -0.2) is 0 Å². The highest BCUT2D eigenvalue weighted by atomic mass is 16.3. The minimum absolute atomic E-state index is 0.0955. The third kappa shape index (κ3) is 1.75. The maximum Gasteiger partial charge on any atom is 0.257 e. The second-order valence-electron chi connectivity index (χ2n) is 5.58. The molecule has 2 aliphatic rings. The molecular formula is C14H16N4O2. The zero-order valence-corrected chi connectivity index (χ0v) is 11.1. The first kappa shape index (κ1) is 11.7. The lowest BCUT2D eigenvalue weighted by Crippen LogP contribution is -2.47. The smallest absolute Gasteiger partial charge is 0.257 e. The Hall–Kier alpha value is -2.11. The number of amides is 1. The molecule has 1 amide bonds. The first-order valence-corrected chi connectivity index (χ1v) is 7.03. The lowest BCUT2D eigenvalue weighted by molar-refractivity contribution is 0.0511. The number of hydrogen-bond acceptors (Lipinski definition) is 4. The number of fused-ring (bicyclic) bond motifs is 2. The molecule has 4 heterocycles. The third-order valence-electron chi connectivity index (χ3n) is 4.47. The van der Waals surface area contributed by atoms with Crippen molar-refractivity contribution < 1.29 is 9.21 Å². The summed E-state index contributed by atoms with van der Waals surface area (Å²) in [6, 6.07) is 2.65. The highest BCUT2D eigenvalue weighted by Crippen LogP contribution is 2.41. The fourth-order valence-corrected chi connectivity index (χ4v) is 3.62. The van der Waals surface area contributed by atoms with Gasteiger partial charge in [-0.1, -0.05) is 0 Å². The van der Waals surface area contributed by atoms with Crippen LogP contribution in [-0.4, -0.2) is 37.9 Å². The van der Waals surface area contributed by atoms with Crippen LogP contribution in [0.1, 0.15) is 42.1 Å². The maximum atomic E-state index is 12.5. The van der Waals surface area contributed by atoms with E-state index in [4.69, 9.17) is 4.42 Å². The molecule has 20 heavy (non-hydrogen) atoms. The Morgan fingerprint density at radius 2 is 1.85 bits per heavy atom. The fraction of sp³-hybridized carbons (Fsp3) is 0.500. The van der Waals surface area contributed by atoms with E-state index >= 15 is 0 Å². The molecule has 0 N–H and O–H groups in total. The van der Waals surface area contributed by atoms with Crippen molar-refractivity contribution in [2.45, 2.75) is 43.8 Å². The van der Waals surface area contributed by atoms with Crippen molar-refractivity contribution in [1.29, 1.82) is 0 Å². The Kier molecular flexibility index (Phi) is 2.61. The van der Waals surface area contributed by atoms with Gasteiger partial charge in [0.25, 0.3) is 5.91 Å². The molecule has 2 atom stereocenters. The highest BCUT2D eigenvalue weighted by Gasteiger charge is 2.44. The summed E-state index contributed by atoms with van der Waals surface area (Å²) in [4.78, 5) is 16.4. The van der Waals surface area contributed by atoms with Gasteiger partial charge in [-0.05, 0) is 31.7 Å². The molecule has 2 aromatic heterocycles. The van der Waals surface area contributed by atoms with Crippen molar-refractivity contribution in [3.05, 3.63) is 36.5 Å².